The van der Waals surface area contributed by atoms with Gasteiger partial charge in [-0.15, -0.1) is 5.69 Å². The van der Waals surface area contributed by atoms with Crippen LogP contribution in [0.15, 0.2) is 102 Å². The minimum atomic E-state index is -4.55. The first-order chi connectivity index (χ1) is 17.6. The molecule has 0 unspecified atom stereocenters. The molecule has 0 radical (unpaired) electrons. The van der Waals surface area contributed by atoms with Crippen molar-refractivity contribution in [3.63, 3.8) is 0 Å². The number of sulfonamides is 1. The number of aromatic nitrogens is 2. The quantitative estimate of drug-likeness (QED) is 0.107. The minimum Gasteiger partial charge on any atom is -0.265 e. The first-order valence-electron chi connectivity index (χ1n) is 9.90. The number of non-ortho nitro benzene ring substituents is 1. The van der Waals surface area contributed by atoms with Crippen molar-refractivity contribution in [1.82, 2.24) is 9.97 Å². The SMILES string of the molecule is O=[N+]([O-])c1ccc(S(=O)(=O)[N-]c2ccccc2-c2ccc(C(F)(F)F)cn2)cc1.[F][Pd+].c1ccncc1. The Hall–Kier alpha value is -3.73. The van der Waals surface area contributed by atoms with Crippen LogP contribution in [0.4, 0.5) is 27.8 Å². The van der Waals surface area contributed by atoms with Gasteiger partial charge in [0.25, 0.3) is 5.69 Å². The second kappa shape index (κ2) is 13.5. The van der Waals surface area contributed by atoms with Crippen LogP contribution in [-0.2, 0) is 35.9 Å². The molecule has 0 fully saturated rings. The molecule has 37 heavy (non-hydrogen) atoms. The molecule has 0 N–H and O–H groups in total. The zero-order valence-corrected chi connectivity index (χ0v) is 20.8. The fourth-order valence-corrected chi connectivity index (χ4v) is 3.73. The molecule has 2 heterocycles. The van der Waals surface area contributed by atoms with Gasteiger partial charge in [0, 0.05) is 30.7 Å². The molecule has 0 spiro atoms. The molecule has 0 aliphatic rings. The largest absolute Gasteiger partial charge is 0.265 e. The van der Waals surface area contributed by atoms with Crippen molar-refractivity contribution in [1.29, 1.82) is 0 Å². The second-order valence-electron chi connectivity index (χ2n) is 6.79. The summed E-state index contributed by atoms with van der Waals surface area (Å²) in [5.41, 5.74) is -0.923. The molecule has 0 amide bonds. The second-order valence-corrected chi connectivity index (χ2v) is 8.39. The molecule has 2 aromatic heterocycles. The Morgan fingerprint density at radius 2 is 1.49 bits per heavy atom. The van der Waals surface area contributed by atoms with Crippen LogP contribution >= 0.6 is 0 Å². The van der Waals surface area contributed by atoms with Crippen molar-refractivity contribution in [2.75, 3.05) is 0 Å². The van der Waals surface area contributed by atoms with Crippen molar-refractivity contribution >= 4 is 21.4 Å². The smallest absolute Gasteiger partial charge is 0.0267 e. The summed E-state index contributed by atoms with van der Waals surface area (Å²) < 4.78 is 76.3. The Morgan fingerprint density at radius 3 is 1.95 bits per heavy atom. The van der Waals surface area contributed by atoms with E-state index in [9.17, 15) is 34.9 Å². The maximum absolute atomic E-state index is 12.7. The van der Waals surface area contributed by atoms with Gasteiger partial charge in [-0.1, -0.05) is 30.3 Å². The summed E-state index contributed by atoms with van der Waals surface area (Å²) in [6.07, 6.45) is -0.397. The molecule has 4 rings (SSSR count). The number of hydrogen-bond donors (Lipinski definition) is 0. The van der Waals surface area contributed by atoms with E-state index >= 15 is 0 Å². The Kier molecular flexibility index (Phi) is 10.8. The van der Waals surface area contributed by atoms with E-state index in [0.29, 0.717) is 6.20 Å². The number of nitro groups is 1. The summed E-state index contributed by atoms with van der Waals surface area (Å²) >= 11 is 1.25. The minimum absolute atomic E-state index is 0.0295. The van der Waals surface area contributed by atoms with Crippen molar-refractivity contribution in [2.24, 2.45) is 0 Å². The molecule has 196 valence electrons. The molecular weight excluding hydrogens is 611 g/mol. The zero-order chi connectivity index (χ0) is 27.5. The van der Waals surface area contributed by atoms with Crippen molar-refractivity contribution in [3.05, 3.63) is 118 Å². The Bertz CT molecular complexity index is 1360. The average molecular weight is 627 g/mol. The van der Waals surface area contributed by atoms with Gasteiger partial charge in [-0.2, -0.15) is 13.2 Å². The van der Waals surface area contributed by atoms with E-state index in [4.69, 9.17) is 0 Å². The molecule has 0 saturated heterocycles. The van der Waals surface area contributed by atoms with Crippen LogP contribution in [0.25, 0.3) is 16.0 Å². The van der Waals surface area contributed by atoms with E-state index in [-0.39, 0.29) is 27.5 Å². The summed E-state index contributed by atoms with van der Waals surface area (Å²) in [7, 11) is -4.22. The normalized spacial score (nSPS) is 10.8. The van der Waals surface area contributed by atoms with E-state index in [0.717, 1.165) is 36.4 Å². The number of nitro benzene ring substituents is 1. The number of nitrogens with zero attached hydrogens (tertiary/aromatic N) is 4. The van der Waals surface area contributed by atoms with Gasteiger partial charge in [-0.25, -0.2) is 8.42 Å². The number of benzene rings is 2. The van der Waals surface area contributed by atoms with Gasteiger partial charge in [-0.05, 0) is 42.0 Å². The molecule has 0 aliphatic heterocycles. The van der Waals surface area contributed by atoms with Gasteiger partial charge in [0.1, 0.15) is 10.0 Å². The number of rotatable bonds is 5. The standard InChI is InChI=1S/C18H11F3N3O4S.C5H5N.FH.Pd/c19-18(20,21)12-5-10-16(22-11-12)15-3-1-2-4-17(15)23-29(27,28)14-8-6-13(7-9-14)24(25)26;1-2-4-6-5-3-1;;/h1-11H;1-5H;1H;/q-1;;;+2/p-1. The van der Waals surface area contributed by atoms with Crippen molar-refractivity contribution in [2.45, 2.75) is 11.1 Å². The molecule has 2 aromatic carbocycles. The Balaban J connectivity index is 0.000000519. The van der Waals surface area contributed by atoms with E-state index in [2.05, 4.69) is 14.7 Å². The molecule has 0 atom stereocenters. The predicted octanol–water partition coefficient (Wildman–Crippen LogP) is 6.57. The summed E-state index contributed by atoms with van der Waals surface area (Å²) in [4.78, 5) is 17.3. The molecule has 4 aromatic rings. The van der Waals surface area contributed by atoms with Gasteiger partial charge < -0.3 is 4.72 Å². The maximum Gasteiger partial charge on any atom is 0.0267 e. The topological polar surface area (TPSA) is 117 Å². The molecule has 0 aliphatic carbocycles. The third kappa shape index (κ3) is 8.71. The Labute approximate surface area is 220 Å². The fraction of sp³-hybridized carbons (Fsp3) is 0.0435. The third-order valence-electron chi connectivity index (χ3n) is 4.40. The van der Waals surface area contributed by atoms with Crippen LogP contribution in [0.3, 0.4) is 0 Å². The van der Waals surface area contributed by atoms with Crippen LogP contribution < -0.4 is 0 Å². The average Bonchev–Trinajstić information content (AvgIpc) is 2.91. The van der Waals surface area contributed by atoms with Crippen LogP contribution in [0.2, 0.25) is 0 Å². The van der Waals surface area contributed by atoms with Crippen LogP contribution in [0.5, 0.6) is 0 Å². The third-order valence-corrected chi connectivity index (χ3v) is 5.71. The monoisotopic (exact) mass is 626 g/mol. The fourth-order valence-electron chi connectivity index (χ4n) is 2.73. The molecule has 0 saturated carbocycles. The molecule has 0 bridgehead atoms. The van der Waals surface area contributed by atoms with E-state index in [1.165, 1.54) is 37.9 Å². The number of halogens is 4. The number of alkyl halides is 3. The van der Waals surface area contributed by atoms with Crippen LogP contribution in [0.1, 0.15) is 5.56 Å². The van der Waals surface area contributed by atoms with E-state index in [1.807, 2.05) is 18.2 Å². The van der Waals surface area contributed by atoms with Crippen LogP contribution in [0, 0.1) is 10.1 Å². The summed E-state index contributed by atoms with van der Waals surface area (Å²) in [6.45, 7) is 0. The van der Waals surface area contributed by atoms with Crippen LogP contribution in [-0.4, -0.2) is 23.3 Å². The van der Waals surface area contributed by atoms with Gasteiger partial charge in [-0.3, -0.25) is 20.1 Å². The van der Waals surface area contributed by atoms with Gasteiger partial charge in [0.15, 0.2) is 0 Å². The summed E-state index contributed by atoms with van der Waals surface area (Å²) in [5, 5.41) is 10.7. The molecule has 14 heteroatoms. The first kappa shape index (κ1) is 29.5. The van der Waals surface area contributed by atoms with E-state index in [1.54, 1.807) is 18.5 Å². The van der Waals surface area contributed by atoms with Gasteiger partial charge in [0.05, 0.1) is 21.1 Å². The molecule has 8 nitrogen and oxygen atoms in total. The van der Waals surface area contributed by atoms with Gasteiger partial charge in [0.2, 0.25) is 0 Å². The Morgan fingerprint density at radius 1 is 0.865 bits per heavy atom. The van der Waals surface area contributed by atoms with Gasteiger partial charge >= 0.3 is 29.1 Å². The number of pyridine rings is 2. The molecular formula is C23H16F4N4O4PdS. The van der Waals surface area contributed by atoms with E-state index < -0.39 is 26.7 Å². The summed E-state index contributed by atoms with van der Waals surface area (Å²) in [6, 6.07) is 17.8. The maximum atomic E-state index is 12.7. The zero-order valence-electron chi connectivity index (χ0n) is 18.4. The summed E-state index contributed by atoms with van der Waals surface area (Å²) in [5.74, 6) is 0. The predicted molar refractivity (Wildman–Crippen MR) is 123 cm³/mol. The number of hydrogen-bond acceptors (Lipinski definition) is 6. The first-order valence-corrected chi connectivity index (χ1v) is 11.9. The van der Waals surface area contributed by atoms with Crippen molar-refractivity contribution < 1.29 is 49.5 Å². The van der Waals surface area contributed by atoms with Crippen molar-refractivity contribution in [3.8, 4) is 11.3 Å².